The molecule has 1 rings (SSSR count). The van der Waals surface area contributed by atoms with E-state index in [1.807, 2.05) is 5.32 Å². The molecule has 13 heteroatoms. The molecule has 5 atom stereocenters. The van der Waals surface area contributed by atoms with Crippen molar-refractivity contribution in [3.8, 4) is 0 Å². The average molecular weight is 468 g/mol. The van der Waals surface area contributed by atoms with E-state index in [0.29, 0.717) is 5.56 Å². The summed E-state index contributed by atoms with van der Waals surface area (Å²) in [7, 11) is 0. The summed E-state index contributed by atoms with van der Waals surface area (Å²) in [5.74, 6) is -5.96. The molecule has 0 aliphatic heterocycles. The summed E-state index contributed by atoms with van der Waals surface area (Å²) < 4.78 is 0. The van der Waals surface area contributed by atoms with Crippen molar-refractivity contribution in [2.75, 3.05) is 6.61 Å². The molecule has 13 nitrogen and oxygen atoms in total. The second-order valence-electron chi connectivity index (χ2n) is 7.26. The lowest BCUT2D eigenvalue weighted by Gasteiger charge is -2.24. The minimum absolute atomic E-state index is 0.0263. The third-order valence-corrected chi connectivity index (χ3v) is 4.55. The minimum Gasteiger partial charge on any atom is -0.481 e. The Morgan fingerprint density at radius 3 is 1.88 bits per heavy atom. The molecule has 0 aliphatic carbocycles. The average Bonchev–Trinajstić information content (AvgIpc) is 2.75. The van der Waals surface area contributed by atoms with E-state index in [2.05, 4.69) is 10.6 Å². The molecular formula is C20H28N4O9. The second-order valence-corrected chi connectivity index (χ2v) is 7.26. The fraction of sp³-hybridized carbons (Fsp3) is 0.450. The second kappa shape index (κ2) is 13.1. The van der Waals surface area contributed by atoms with E-state index in [1.165, 1.54) is 6.92 Å². The van der Waals surface area contributed by atoms with Gasteiger partial charge in [-0.15, -0.1) is 0 Å². The number of aliphatic carboxylic acids is 2. The molecule has 3 amide bonds. The smallest absolute Gasteiger partial charge is 0.326 e. The van der Waals surface area contributed by atoms with Gasteiger partial charge in [0.25, 0.3) is 0 Å². The van der Waals surface area contributed by atoms with Crippen LogP contribution in [0.25, 0.3) is 0 Å². The number of hydrogen-bond donors (Lipinski definition) is 8. The van der Waals surface area contributed by atoms with Gasteiger partial charge in [-0.3, -0.25) is 19.2 Å². The zero-order valence-corrected chi connectivity index (χ0v) is 17.8. The largest absolute Gasteiger partial charge is 0.481 e. The van der Waals surface area contributed by atoms with Crippen LogP contribution in [0.3, 0.4) is 0 Å². The molecule has 0 fully saturated rings. The van der Waals surface area contributed by atoms with E-state index in [1.54, 1.807) is 30.3 Å². The maximum Gasteiger partial charge on any atom is 0.326 e. The Kier molecular flexibility index (Phi) is 10.9. The normalized spacial score (nSPS) is 15.3. The lowest BCUT2D eigenvalue weighted by Crippen LogP contribution is -2.59. The molecule has 1 aromatic rings. The third kappa shape index (κ3) is 9.22. The van der Waals surface area contributed by atoms with Gasteiger partial charge in [-0.2, -0.15) is 0 Å². The van der Waals surface area contributed by atoms with E-state index in [-0.39, 0.29) is 6.42 Å². The van der Waals surface area contributed by atoms with Crippen molar-refractivity contribution < 1.29 is 44.4 Å². The molecule has 0 heterocycles. The molecule has 0 aromatic heterocycles. The lowest BCUT2D eigenvalue weighted by atomic mass is 10.0. The molecule has 0 aliphatic rings. The summed E-state index contributed by atoms with van der Waals surface area (Å²) in [5, 5.41) is 43.4. The number of aliphatic hydroxyl groups is 2. The Morgan fingerprint density at radius 2 is 1.39 bits per heavy atom. The number of carboxylic acid groups (broad SMARTS) is 2. The molecular weight excluding hydrogens is 440 g/mol. The Hall–Kier alpha value is -3.55. The van der Waals surface area contributed by atoms with Crippen molar-refractivity contribution in [3.05, 3.63) is 35.9 Å². The van der Waals surface area contributed by atoms with Gasteiger partial charge in [0.05, 0.1) is 19.1 Å². The molecule has 9 N–H and O–H groups in total. The van der Waals surface area contributed by atoms with Crippen LogP contribution in [0, 0.1) is 0 Å². The fourth-order valence-corrected chi connectivity index (χ4v) is 2.66. The van der Waals surface area contributed by atoms with Crippen molar-refractivity contribution in [2.24, 2.45) is 5.73 Å². The summed E-state index contributed by atoms with van der Waals surface area (Å²) in [6.07, 6.45) is -2.15. The molecule has 1 aromatic carbocycles. The first-order valence-electron chi connectivity index (χ1n) is 9.90. The van der Waals surface area contributed by atoms with Crippen molar-refractivity contribution in [2.45, 2.75) is 50.0 Å². The van der Waals surface area contributed by atoms with Gasteiger partial charge in [-0.05, 0) is 12.5 Å². The standard InChI is InChI=1S/C20H28N4O9/c1-10(26)16(21)19(31)22-12(7-11-5-3-2-4-6-11)17(29)24-14(9-25)18(30)23-13(20(32)33)8-15(27)28/h2-6,10,12-14,16,25-26H,7-9,21H2,1H3,(H,22,31)(H,23,30)(H,24,29)(H,27,28)(H,32,33). The van der Waals surface area contributed by atoms with E-state index < -0.39 is 73.0 Å². The summed E-state index contributed by atoms with van der Waals surface area (Å²) in [6.45, 7) is 0.356. The highest BCUT2D eigenvalue weighted by atomic mass is 16.4. The van der Waals surface area contributed by atoms with Gasteiger partial charge in [0.1, 0.15) is 24.2 Å². The van der Waals surface area contributed by atoms with Crippen molar-refractivity contribution in [1.29, 1.82) is 0 Å². The summed E-state index contributed by atoms with van der Waals surface area (Å²) in [6, 6.07) is 2.49. The van der Waals surface area contributed by atoms with Gasteiger partial charge >= 0.3 is 11.9 Å². The maximum atomic E-state index is 12.8. The van der Waals surface area contributed by atoms with Gasteiger partial charge in [0.15, 0.2) is 0 Å². The van der Waals surface area contributed by atoms with Crippen LogP contribution in [0.5, 0.6) is 0 Å². The number of benzene rings is 1. The molecule has 0 spiro atoms. The summed E-state index contributed by atoms with van der Waals surface area (Å²) in [4.78, 5) is 59.3. The van der Waals surface area contributed by atoms with Gasteiger partial charge in [-0.1, -0.05) is 30.3 Å². The predicted octanol–water partition coefficient (Wildman–Crippen LogP) is -3.06. The number of amides is 3. The van der Waals surface area contributed by atoms with Crippen LogP contribution in [-0.2, 0) is 30.4 Å². The quantitative estimate of drug-likeness (QED) is 0.146. The Bertz CT molecular complexity index is 847. The summed E-state index contributed by atoms with van der Waals surface area (Å²) >= 11 is 0. The number of hydrogen-bond acceptors (Lipinski definition) is 8. The van der Waals surface area contributed by atoms with Crippen molar-refractivity contribution in [1.82, 2.24) is 16.0 Å². The number of carbonyl (C=O) groups is 5. The van der Waals surface area contributed by atoms with Crippen molar-refractivity contribution in [3.63, 3.8) is 0 Å². The van der Waals surface area contributed by atoms with Gasteiger partial charge in [0, 0.05) is 6.42 Å². The molecule has 0 saturated carbocycles. The molecule has 182 valence electrons. The van der Waals surface area contributed by atoms with Crippen LogP contribution in [0.4, 0.5) is 0 Å². The molecule has 33 heavy (non-hydrogen) atoms. The fourth-order valence-electron chi connectivity index (χ4n) is 2.66. The van der Waals surface area contributed by atoms with Gasteiger partial charge in [-0.25, -0.2) is 4.79 Å². The SMILES string of the molecule is CC(O)C(N)C(=O)NC(Cc1ccccc1)C(=O)NC(CO)C(=O)NC(CC(=O)O)C(=O)O. The third-order valence-electron chi connectivity index (χ3n) is 4.55. The first-order chi connectivity index (χ1) is 15.5. The highest BCUT2D eigenvalue weighted by Crippen LogP contribution is 2.05. The van der Waals surface area contributed by atoms with Crippen LogP contribution < -0.4 is 21.7 Å². The zero-order chi connectivity index (χ0) is 25.1. The Labute approximate surface area is 189 Å². The van der Waals surface area contributed by atoms with Crippen LogP contribution in [0.1, 0.15) is 18.9 Å². The topological polar surface area (TPSA) is 228 Å². The number of rotatable bonds is 13. The van der Waals surface area contributed by atoms with Crippen molar-refractivity contribution >= 4 is 29.7 Å². The number of carboxylic acids is 2. The number of carbonyl (C=O) groups excluding carboxylic acids is 3. The van der Waals surface area contributed by atoms with E-state index >= 15 is 0 Å². The maximum absolute atomic E-state index is 12.8. The molecule has 0 bridgehead atoms. The van der Waals surface area contributed by atoms with Gasteiger partial charge < -0.3 is 42.1 Å². The van der Waals surface area contributed by atoms with E-state index in [0.717, 1.165) is 0 Å². The molecule has 0 saturated heterocycles. The Morgan fingerprint density at radius 1 is 0.879 bits per heavy atom. The molecule has 0 radical (unpaired) electrons. The lowest BCUT2D eigenvalue weighted by molar-refractivity contribution is -0.147. The first kappa shape index (κ1) is 27.5. The highest BCUT2D eigenvalue weighted by Gasteiger charge is 2.31. The predicted molar refractivity (Wildman–Crippen MR) is 113 cm³/mol. The van der Waals surface area contributed by atoms with E-state index in [4.69, 9.17) is 15.9 Å². The van der Waals surface area contributed by atoms with Crippen LogP contribution in [-0.4, -0.2) is 87.0 Å². The number of aliphatic hydroxyl groups excluding tert-OH is 2. The van der Waals surface area contributed by atoms with E-state index in [9.17, 15) is 34.2 Å². The molecule has 5 unspecified atom stereocenters. The highest BCUT2D eigenvalue weighted by molar-refractivity contribution is 5.94. The Balaban J connectivity index is 2.99. The zero-order valence-electron chi connectivity index (χ0n) is 17.8. The summed E-state index contributed by atoms with van der Waals surface area (Å²) in [5.41, 5.74) is 6.24. The minimum atomic E-state index is -1.79. The van der Waals surface area contributed by atoms with Crippen LogP contribution in [0.15, 0.2) is 30.3 Å². The van der Waals surface area contributed by atoms with Crippen LogP contribution in [0.2, 0.25) is 0 Å². The van der Waals surface area contributed by atoms with Gasteiger partial charge in [0.2, 0.25) is 17.7 Å². The number of nitrogens with one attached hydrogen (secondary N) is 3. The van der Waals surface area contributed by atoms with Crippen LogP contribution >= 0.6 is 0 Å². The first-order valence-corrected chi connectivity index (χ1v) is 9.90. The number of nitrogens with two attached hydrogens (primary N) is 1. The monoisotopic (exact) mass is 468 g/mol.